The topological polar surface area (TPSA) is 102 Å². The fourth-order valence-electron chi connectivity index (χ4n) is 4.46. The van der Waals surface area contributed by atoms with Gasteiger partial charge in [-0.25, -0.2) is 23.7 Å². The summed E-state index contributed by atoms with van der Waals surface area (Å²) in [6.45, 7) is 4.18. The van der Waals surface area contributed by atoms with Crippen LogP contribution in [0.1, 0.15) is 41.9 Å². The van der Waals surface area contributed by atoms with Crippen molar-refractivity contribution in [3.05, 3.63) is 59.2 Å². The van der Waals surface area contributed by atoms with Crippen molar-refractivity contribution in [1.29, 1.82) is 0 Å². The summed E-state index contributed by atoms with van der Waals surface area (Å²) in [6.07, 6.45) is 5.16. The summed E-state index contributed by atoms with van der Waals surface area (Å²) >= 11 is 0. The second kappa shape index (κ2) is 8.82. The molecule has 0 amide bonds. The molecule has 0 bridgehead atoms. The minimum absolute atomic E-state index is 0.108. The van der Waals surface area contributed by atoms with Crippen molar-refractivity contribution in [2.24, 2.45) is 0 Å². The number of halogens is 2. The lowest BCUT2D eigenvalue weighted by molar-refractivity contribution is -0.0526. The van der Waals surface area contributed by atoms with Crippen LogP contribution in [-0.2, 0) is 4.74 Å². The molecule has 11 heteroatoms. The van der Waals surface area contributed by atoms with E-state index in [1.165, 1.54) is 12.1 Å². The van der Waals surface area contributed by atoms with Gasteiger partial charge in [0.15, 0.2) is 5.65 Å². The lowest BCUT2D eigenvalue weighted by Gasteiger charge is -2.37. The van der Waals surface area contributed by atoms with Gasteiger partial charge in [-0.05, 0) is 38.8 Å². The Bertz CT molecular complexity index is 1460. The van der Waals surface area contributed by atoms with E-state index < -0.39 is 17.7 Å². The van der Waals surface area contributed by atoms with E-state index >= 15 is 0 Å². The summed E-state index contributed by atoms with van der Waals surface area (Å²) in [5.41, 5.74) is 3.25. The molecule has 1 N–H and O–H groups in total. The van der Waals surface area contributed by atoms with Gasteiger partial charge in [0.2, 0.25) is 5.95 Å². The van der Waals surface area contributed by atoms with Crippen LogP contribution in [0.15, 0.2) is 30.6 Å². The van der Waals surface area contributed by atoms with Crippen molar-refractivity contribution in [2.75, 3.05) is 24.6 Å². The Kier molecular flexibility index (Phi) is 5.60. The first-order chi connectivity index (χ1) is 17.4. The van der Waals surface area contributed by atoms with Gasteiger partial charge in [-0.3, -0.25) is 4.68 Å². The molecule has 0 spiro atoms. The van der Waals surface area contributed by atoms with Gasteiger partial charge in [-0.1, -0.05) is 0 Å². The van der Waals surface area contributed by atoms with Crippen LogP contribution >= 0.6 is 0 Å². The Morgan fingerprint density at radius 2 is 1.86 bits per heavy atom. The number of morpholine rings is 1. The van der Waals surface area contributed by atoms with Gasteiger partial charge in [-0.15, -0.1) is 0 Å². The molecule has 2 aliphatic rings. The third kappa shape index (κ3) is 4.18. The molecule has 2 atom stereocenters. The molecule has 1 saturated heterocycles. The Hall–Kier alpha value is -3.57. The third-order valence-corrected chi connectivity index (χ3v) is 6.68. The normalized spacial score (nSPS) is 20.3. The zero-order chi connectivity index (χ0) is 25.0. The number of hydrogen-bond acceptors (Lipinski definition) is 8. The molecule has 6 rings (SSSR count). The van der Waals surface area contributed by atoms with Gasteiger partial charge < -0.3 is 14.7 Å². The average molecular weight is 494 g/mol. The van der Waals surface area contributed by atoms with E-state index in [0.717, 1.165) is 24.5 Å². The highest BCUT2D eigenvalue weighted by atomic mass is 19.1. The van der Waals surface area contributed by atoms with E-state index in [-0.39, 0.29) is 24.0 Å². The maximum absolute atomic E-state index is 14.9. The molecule has 186 valence electrons. The molecule has 2 fully saturated rings. The van der Waals surface area contributed by atoms with Crippen molar-refractivity contribution in [3.8, 4) is 11.3 Å². The van der Waals surface area contributed by atoms with E-state index in [1.807, 2.05) is 22.7 Å². The molecule has 4 aromatic rings. The summed E-state index contributed by atoms with van der Waals surface area (Å²) in [5, 5.41) is 14.4. The van der Waals surface area contributed by atoms with Crippen LogP contribution in [0.5, 0.6) is 0 Å². The van der Waals surface area contributed by atoms with Crippen molar-refractivity contribution in [3.63, 3.8) is 0 Å². The van der Waals surface area contributed by atoms with E-state index in [2.05, 4.69) is 25.0 Å². The van der Waals surface area contributed by atoms with Gasteiger partial charge in [0.25, 0.3) is 0 Å². The second-order valence-corrected chi connectivity index (χ2v) is 9.38. The first-order valence-corrected chi connectivity index (χ1v) is 11.9. The highest BCUT2D eigenvalue weighted by Crippen LogP contribution is 2.36. The number of benzene rings is 1. The number of aliphatic hydroxyl groups excluding tert-OH is 1. The number of rotatable bonds is 5. The minimum Gasteiger partial charge on any atom is -0.394 e. The molecule has 1 aliphatic heterocycles. The molecule has 9 nitrogen and oxygen atoms in total. The number of aliphatic hydroxyl groups is 1. The number of aromatic nitrogens is 6. The highest BCUT2D eigenvalue weighted by Gasteiger charge is 2.33. The van der Waals surface area contributed by atoms with Gasteiger partial charge in [0, 0.05) is 29.9 Å². The smallest absolute Gasteiger partial charge is 0.228 e. The molecule has 1 aliphatic carbocycles. The zero-order valence-corrected chi connectivity index (χ0v) is 19.9. The number of anilines is 1. The SMILES string of the molecule is Cc1nc2nc(N3CC(CO)OC(c4cnn(C5CC5)c4)C3)nc(-c3ccc(F)cc3F)c2nc1C. The van der Waals surface area contributed by atoms with E-state index in [0.29, 0.717) is 47.6 Å². The van der Waals surface area contributed by atoms with Gasteiger partial charge in [-0.2, -0.15) is 10.1 Å². The van der Waals surface area contributed by atoms with Crippen LogP contribution in [0.25, 0.3) is 22.4 Å². The summed E-state index contributed by atoms with van der Waals surface area (Å²) in [4.78, 5) is 20.4. The van der Waals surface area contributed by atoms with Crippen molar-refractivity contribution < 1.29 is 18.6 Å². The van der Waals surface area contributed by atoms with E-state index in [1.54, 1.807) is 13.1 Å². The molecule has 1 aromatic carbocycles. The van der Waals surface area contributed by atoms with Gasteiger partial charge in [0.05, 0.1) is 42.9 Å². The third-order valence-electron chi connectivity index (χ3n) is 6.68. The Morgan fingerprint density at radius 1 is 1.06 bits per heavy atom. The average Bonchev–Trinajstić information content (AvgIpc) is 3.60. The fourth-order valence-corrected chi connectivity index (χ4v) is 4.46. The largest absolute Gasteiger partial charge is 0.394 e. The minimum atomic E-state index is -0.749. The molecule has 36 heavy (non-hydrogen) atoms. The molecular weight excluding hydrogens is 468 g/mol. The zero-order valence-electron chi connectivity index (χ0n) is 19.9. The summed E-state index contributed by atoms with van der Waals surface area (Å²) in [7, 11) is 0. The van der Waals surface area contributed by atoms with Crippen LogP contribution in [-0.4, -0.2) is 60.6 Å². The van der Waals surface area contributed by atoms with Crippen LogP contribution in [0.3, 0.4) is 0 Å². The number of fused-ring (bicyclic) bond motifs is 1. The molecule has 0 radical (unpaired) electrons. The molecule has 3 aromatic heterocycles. The van der Waals surface area contributed by atoms with Crippen LogP contribution < -0.4 is 4.90 Å². The van der Waals surface area contributed by atoms with Gasteiger partial charge >= 0.3 is 0 Å². The maximum Gasteiger partial charge on any atom is 0.228 e. The van der Waals surface area contributed by atoms with E-state index in [9.17, 15) is 13.9 Å². The van der Waals surface area contributed by atoms with Crippen molar-refractivity contribution in [2.45, 2.75) is 44.9 Å². The van der Waals surface area contributed by atoms with Crippen molar-refractivity contribution >= 4 is 17.1 Å². The number of ether oxygens (including phenoxy) is 1. The highest BCUT2D eigenvalue weighted by molar-refractivity contribution is 5.88. The van der Waals surface area contributed by atoms with Crippen LogP contribution in [0.4, 0.5) is 14.7 Å². The maximum atomic E-state index is 14.9. The quantitative estimate of drug-likeness (QED) is 0.451. The summed E-state index contributed by atoms with van der Waals surface area (Å²) in [5.74, 6) is -1.12. The fraction of sp³-hybridized carbons (Fsp3) is 0.400. The monoisotopic (exact) mass is 493 g/mol. The molecular formula is C25H25F2N7O2. The first-order valence-electron chi connectivity index (χ1n) is 11.9. The Labute approximate surface area is 205 Å². The standard InChI is InChI=1S/C25H25F2N7O2/c1-13-14(2)30-24-23(29-13)22(19-6-3-16(26)7-20(19)27)31-25(32-24)33-10-18(12-35)36-21(11-33)15-8-28-34(9-15)17-4-5-17/h3,6-9,17-18,21,35H,4-5,10-12H2,1-2H3. The number of nitrogens with zero attached hydrogens (tertiary/aromatic N) is 7. The van der Waals surface area contributed by atoms with Gasteiger partial charge in [0.1, 0.15) is 28.9 Å². The lowest BCUT2D eigenvalue weighted by Crippen LogP contribution is -2.46. The molecule has 2 unspecified atom stereocenters. The van der Waals surface area contributed by atoms with Crippen molar-refractivity contribution in [1.82, 2.24) is 29.7 Å². The second-order valence-electron chi connectivity index (χ2n) is 9.38. The first kappa shape index (κ1) is 22.9. The predicted octanol–water partition coefficient (Wildman–Crippen LogP) is 3.45. The predicted molar refractivity (Wildman–Crippen MR) is 127 cm³/mol. The summed E-state index contributed by atoms with van der Waals surface area (Å²) in [6, 6.07) is 3.79. The number of hydrogen-bond donors (Lipinski definition) is 1. The Balaban J connectivity index is 1.44. The van der Waals surface area contributed by atoms with E-state index in [4.69, 9.17) is 4.74 Å². The lowest BCUT2D eigenvalue weighted by atomic mass is 10.1. The summed E-state index contributed by atoms with van der Waals surface area (Å²) < 4.78 is 36.6. The molecule has 4 heterocycles. The van der Waals surface area contributed by atoms with Crippen LogP contribution in [0.2, 0.25) is 0 Å². The Morgan fingerprint density at radius 3 is 2.61 bits per heavy atom. The van der Waals surface area contributed by atoms with Crippen LogP contribution in [0, 0.1) is 25.5 Å². The number of aryl methyl sites for hydroxylation is 2. The molecule has 1 saturated carbocycles.